The minimum atomic E-state index is -0.464. The number of rotatable bonds is 3. The Bertz CT molecular complexity index is 791. The molecule has 21 heavy (non-hydrogen) atoms. The van der Waals surface area contributed by atoms with Gasteiger partial charge in [0.15, 0.2) is 0 Å². The van der Waals surface area contributed by atoms with Crippen LogP contribution in [0.4, 0.5) is 0 Å². The average molecular weight is 296 g/mol. The van der Waals surface area contributed by atoms with Crippen LogP contribution in [0.15, 0.2) is 47.8 Å². The molecule has 0 aliphatic carbocycles. The number of ether oxygens (including phenoxy) is 1. The van der Waals surface area contributed by atoms with Gasteiger partial charge in [0.25, 0.3) is 0 Å². The fourth-order valence-electron chi connectivity index (χ4n) is 2.93. The topological polar surface area (TPSA) is 29.5 Å². The van der Waals surface area contributed by atoms with Crippen molar-refractivity contribution in [2.24, 2.45) is 0 Å². The number of aliphatic hydroxyl groups is 1. The summed E-state index contributed by atoms with van der Waals surface area (Å²) in [7, 11) is 0. The zero-order valence-electron chi connectivity index (χ0n) is 11.6. The Morgan fingerprint density at radius 2 is 2.10 bits per heavy atom. The lowest BCUT2D eigenvalue weighted by molar-refractivity contribution is 0.179. The van der Waals surface area contributed by atoms with Crippen LogP contribution in [0, 0.1) is 0 Å². The van der Waals surface area contributed by atoms with E-state index in [0.29, 0.717) is 6.42 Å². The Balaban J connectivity index is 1.62. The number of hydrogen-bond acceptors (Lipinski definition) is 3. The quantitative estimate of drug-likeness (QED) is 0.788. The molecule has 0 amide bonds. The first-order valence-corrected chi connectivity index (χ1v) is 8.08. The van der Waals surface area contributed by atoms with Crippen molar-refractivity contribution < 1.29 is 9.84 Å². The fraction of sp³-hybridized carbons (Fsp3) is 0.222. The standard InChI is InChI=1S/C18H16O2S/c19-16(12-5-6-17-13(9-12)7-8-20-17)10-14-11-21-18-4-2-1-3-15(14)18/h1-6,9,11,16,19H,7-8,10H2. The van der Waals surface area contributed by atoms with Gasteiger partial charge in [0.2, 0.25) is 0 Å². The predicted octanol–water partition coefficient (Wildman–Crippen LogP) is 4.11. The minimum Gasteiger partial charge on any atom is -0.493 e. The van der Waals surface area contributed by atoms with Gasteiger partial charge in [-0.25, -0.2) is 0 Å². The predicted molar refractivity (Wildman–Crippen MR) is 86.1 cm³/mol. The lowest BCUT2D eigenvalue weighted by atomic mass is 9.99. The van der Waals surface area contributed by atoms with E-state index in [1.807, 2.05) is 12.1 Å². The van der Waals surface area contributed by atoms with Crippen LogP contribution in [-0.2, 0) is 12.8 Å². The van der Waals surface area contributed by atoms with Gasteiger partial charge >= 0.3 is 0 Å². The number of fused-ring (bicyclic) bond motifs is 2. The zero-order valence-corrected chi connectivity index (χ0v) is 12.4. The molecule has 0 radical (unpaired) electrons. The molecule has 1 N–H and O–H groups in total. The molecule has 3 heteroatoms. The molecule has 0 saturated carbocycles. The van der Waals surface area contributed by atoms with Crippen LogP contribution < -0.4 is 4.74 Å². The van der Waals surface area contributed by atoms with E-state index in [9.17, 15) is 5.11 Å². The van der Waals surface area contributed by atoms with Gasteiger partial charge in [0.1, 0.15) is 5.75 Å². The van der Waals surface area contributed by atoms with Gasteiger partial charge in [-0.3, -0.25) is 0 Å². The molecule has 1 unspecified atom stereocenters. The third-order valence-electron chi connectivity index (χ3n) is 4.07. The molecule has 0 saturated heterocycles. The Morgan fingerprint density at radius 3 is 3.05 bits per heavy atom. The average Bonchev–Trinajstić information content (AvgIpc) is 3.13. The summed E-state index contributed by atoms with van der Waals surface area (Å²) in [5.74, 6) is 0.965. The Hall–Kier alpha value is -1.84. The molecule has 1 aliphatic heterocycles. The zero-order chi connectivity index (χ0) is 14.2. The first-order chi connectivity index (χ1) is 10.3. The van der Waals surface area contributed by atoms with E-state index in [-0.39, 0.29) is 0 Å². The van der Waals surface area contributed by atoms with E-state index in [2.05, 4.69) is 35.7 Å². The fourth-order valence-corrected chi connectivity index (χ4v) is 3.91. The van der Waals surface area contributed by atoms with Gasteiger partial charge in [-0.1, -0.05) is 24.3 Å². The van der Waals surface area contributed by atoms with E-state index < -0.39 is 6.10 Å². The first kappa shape index (κ1) is 12.9. The van der Waals surface area contributed by atoms with Crippen LogP contribution in [0.25, 0.3) is 10.1 Å². The van der Waals surface area contributed by atoms with Crippen molar-refractivity contribution in [3.63, 3.8) is 0 Å². The van der Waals surface area contributed by atoms with Crippen molar-refractivity contribution in [3.8, 4) is 5.75 Å². The first-order valence-electron chi connectivity index (χ1n) is 7.20. The molecule has 1 aromatic heterocycles. The molecule has 4 rings (SSSR count). The van der Waals surface area contributed by atoms with Crippen LogP contribution in [0.3, 0.4) is 0 Å². The van der Waals surface area contributed by atoms with E-state index >= 15 is 0 Å². The normalized spacial score (nSPS) is 14.9. The van der Waals surface area contributed by atoms with Crippen LogP contribution in [-0.4, -0.2) is 11.7 Å². The molecular weight excluding hydrogens is 280 g/mol. The van der Waals surface area contributed by atoms with Crippen molar-refractivity contribution >= 4 is 21.4 Å². The minimum absolute atomic E-state index is 0.464. The number of aliphatic hydroxyl groups excluding tert-OH is 1. The molecule has 2 nitrogen and oxygen atoms in total. The summed E-state index contributed by atoms with van der Waals surface area (Å²) < 4.78 is 6.80. The van der Waals surface area contributed by atoms with E-state index in [4.69, 9.17) is 4.74 Å². The van der Waals surface area contributed by atoms with Crippen LogP contribution in [0.1, 0.15) is 22.8 Å². The van der Waals surface area contributed by atoms with Crippen LogP contribution >= 0.6 is 11.3 Å². The smallest absolute Gasteiger partial charge is 0.122 e. The van der Waals surface area contributed by atoms with Crippen molar-refractivity contribution in [3.05, 3.63) is 64.5 Å². The van der Waals surface area contributed by atoms with Crippen LogP contribution in [0.2, 0.25) is 0 Å². The summed E-state index contributed by atoms with van der Waals surface area (Å²) >= 11 is 1.74. The largest absolute Gasteiger partial charge is 0.493 e. The second-order valence-electron chi connectivity index (χ2n) is 5.44. The van der Waals surface area contributed by atoms with E-state index in [0.717, 1.165) is 24.3 Å². The molecule has 0 bridgehead atoms. The number of benzene rings is 2. The Morgan fingerprint density at radius 1 is 1.19 bits per heavy atom. The van der Waals surface area contributed by atoms with E-state index in [1.54, 1.807) is 11.3 Å². The maximum absolute atomic E-state index is 10.5. The Kier molecular flexibility index (Phi) is 3.17. The number of hydrogen-bond donors (Lipinski definition) is 1. The lowest BCUT2D eigenvalue weighted by Gasteiger charge is -2.12. The summed E-state index contributed by atoms with van der Waals surface area (Å²) in [4.78, 5) is 0. The molecule has 106 valence electrons. The summed E-state index contributed by atoms with van der Waals surface area (Å²) in [5, 5.41) is 14.0. The maximum atomic E-state index is 10.5. The van der Waals surface area contributed by atoms with Gasteiger partial charge < -0.3 is 9.84 Å². The Labute approximate surface area is 127 Å². The third-order valence-corrected chi connectivity index (χ3v) is 5.09. The summed E-state index contributed by atoms with van der Waals surface area (Å²) in [6, 6.07) is 14.4. The molecule has 2 aromatic carbocycles. The van der Waals surface area contributed by atoms with Gasteiger partial charge in [-0.2, -0.15) is 0 Å². The highest BCUT2D eigenvalue weighted by Gasteiger charge is 2.16. The monoisotopic (exact) mass is 296 g/mol. The van der Waals surface area contributed by atoms with Gasteiger partial charge in [-0.15, -0.1) is 11.3 Å². The van der Waals surface area contributed by atoms with Crippen molar-refractivity contribution in [2.75, 3.05) is 6.61 Å². The highest BCUT2D eigenvalue weighted by atomic mass is 32.1. The number of thiophene rings is 1. The molecule has 0 spiro atoms. The summed E-state index contributed by atoms with van der Waals surface area (Å²) in [5.41, 5.74) is 3.41. The highest BCUT2D eigenvalue weighted by Crippen LogP contribution is 2.32. The molecule has 3 aromatic rings. The molecule has 1 atom stereocenters. The van der Waals surface area contributed by atoms with Crippen molar-refractivity contribution in [2.45, 2.75) is 18.9 Å². The molecule has 1 aliphatic rings. The van der Waals surface area contributed by atoms with E-state index in [1.165, 1.54) is 21.2 Å². The SMILES string of the molecule is OC(Cc1csc2ccccc12)c1ccc2c(c1)CCO2. The van der Waals surface area contributed by atoms with Gasteiger partial charge in [0.05, 0.1) is 12.7 Å². The summed E-state index contributed by atoms with van der Waals surface area (Å²) in [6.07, 6.45) is 1.13. The van der Waals surface area contributed by atoms with Crippen LogP contribution in [0.5, 0.6) is 5.75 Å². The second kappa shape index (κ2) is 5.17. The highest BCUT2D eigenvalue weighted by molar-refractivity contribution is 7.17. The molecule has 0 fully saturated rings. The summed E-state index contributed by atoms with van der Waals surface area (Å²) in [6.45, 7) is 0.754. The van der Waals surface area contributed by atoms with Crippen molar-refractivity contribution in [1.29, 1.82) is 0 Å². The second-order valence-corrected chi connectivity index (χ2v) is 6.35. The molecular formula is C18H16O2S. The van der Waals surface area contributed by atoms with Gasteiger partial charge in [0, 0.05) is 17.5 Å². The van der Waals surface area contributed by atoms with Crippen molar-refractivity contribution in [1.82, 2.24) is 0 Å². The molecule has 2 heterocycles. The van der Waals surface area contributed by atoms with Gasteiger partial charge in [-0.05, 0) is 45.7 Å². The maximum Gasteiger partial charge on any atom is 0.122 e. The lowest BCUT2D eigenvalue weighted by Crippen LogP contribution is -2.01. The third kappa shape index (κ3) is 2.33.